The average Bonchev–Trinajstić information content (AvgIpc) is 2.55. The van der Waals surface area contributed by atoms with Crippen molar-refractivity contribution in [3.63, 3.8) is 0 Å². The fraction of sp³-hybridized carbons (Fsp3) is 0.300. The molecule has 138 valence electrons. The lowest BCUT2D eigenvalue weighted by Crippen LogP contribution is -2.14. The highest BCUT2D eigenvalue weighted by molar-refractivity contribution is 7.83. The molecule has 0 aliphatic carbocycles. The highest BCUT2D eigenvalue weighted by Crippen LogP contribution is 2.16. The molecule has 2 aromatic carbocycles. The van der Waals surface area contributed by atoms with Crippen LogP contribution < -0.4 is 10.6 Å². The van der Waals surface area contributed by atoms with Crippen molar-refractivity contribution in [3.8, 4) is 0 Å². The number of benzene rings is 2. The third-order valence-corrected chi connectivity index (χ3v) is 4.32. The van der Waals surface area contributed by atoms with Crippen molar-refractivity contribution >= 4 is 34.0 Å². The summed E-state index contributed by atoms with van der Waals surface area (Å²) in [4.78, 5) is 24.2. The van der Waals surface area contributed by atoms with Gasteiger partial charge in [0, 0.05) is 46.2 Å². The first-order valence-corrected chi connectivity index (χ1v) is 10.2. The zero-order valence-corrected chi connectivity index (χ0v) is 16.1. The van der Waals surface area contributed by atoms with Crippen LogP contribution in [0.3, 0.4) is 0 Å². The minimum atomic E-state index is -0.954. The second-order valence-corrected chi connectivity index (χ2v) is 8.03. The minimum Gasteiger partial charge on any atom is -0.326 e. The van der Waals surface area contributed by atoms with E-state index >= 15 is 0 Å². The number of anilines is 2. The van der Waals surface area contributed by atoms with Crippen LogP contribution in [0.1, 0.15) is 36.2 Å². The Labute approximate surface area is 156 Å². The molecule has 1 atom stereocenters. The number of amides is 2. The van der Waals surface area contributed by atoms with E-state index in [4.69, 9.17) is 0 Å². The first-order chi connectivity index (χ1) is 12.3. The normalized spacial score (nSPS) is 11.8. The van der Waals surface area contributed by atoms with Crippen LogP contribution in [0, 0.1) is 5.92 Å². The second-order valence-electron chi connectivity index (χ2n) is 6.60. The number of carbonyl (C=O) groups excluding carboxylic acids is 2. The number of rotatable bonds is 7. The van der Waals surface area contributed by atoms with Gasteiger partial charge in [0.25, 0.3) is 5.91 Å². The molecule has 1 unspecified atom stereocenters. The lowest BCUT2D eigenvalue weighted by Gasteiger charge is -2.09. The van der Waals surface area contributed by atoms with Gasteiger partial charge in [-0.3, -0.25) is 13.8 Å². The quantitative estimate of drug-likeness (QED) is 0.776. The van der Waals surface area contributed by atoms with Crippen molar-refractivity contribution < 1.29 is 13.8 Å². The average molecular weight is 372 g/mol. The molecule has 0 fully saturated rings. The highest BCUT2D eigenvalue weighted by Gasteiger charge is 2.09. The summed E-state index contributed by atoms with van der Waals surface area (Å²) < 4.78 is 11.3. The predicted octanol–water partition coefficient (Wildman–Crippen LogP) is 3.80. The highest BCUT2D eigenvalue weighted by atomic mass is 32.2. The maximum Gasteiger partial charge on any atom is 0.255 e. The maximum absolute atomic E-state index is 12.4. The molecular formula is C20H24N2O3S. The molecule has 2 aromatic rings. The first kappa shape index (κ1) is 19.8. The van der Waals surface area contributed by atoms with Crippen molar-refractivity contribution in [3.05, 3.63) is 59.7 Å². The van der Waals surface area contributed by atoms with Crippen molar-refractivity contribution in [1.29, 1.82) is 0 Å². The molecule has 0 saturated heterocycles. The summed E-state index contributed by atoms with van der Waals surface area (Å²) in [5, 5.41) is 5.65. The van der Waals surface area contributed by atoms with Crippen LogP contribution in [0.15, 0.2) is 48.5 Å². The van der Waals surface area contributed by atoms with Gasteiger partial charge < -0.3 is 10.6 Å². The van der Waals surface area contributed by atoms with Gasteiger partial charge in [0.15, 0.2) is 0 Å². The molecule has 6 heteroatoms. The van der Waals surface area contributed by atoms with E-state index < -0.39 is 10.8 Å². The van der Waals surface area contributed by atoms with Gasteiger partial charge in [-0.1, -0.05) is 26.0 Å². The van der Waals surface area contributed by atoms with Crippen LogP contribution >= 0.6 is 0 Å². The molecule has 0 spiro atoms. The molecule has 0 saturated carbocycles. The summed E-state index contributed by atoms with van der Waals surface area (Å²) in [6.07, 6.45) is 2.10. The van der Waals surface area contributed by atoms with Gasteiger partial charge in [-0.05, 0) is 47.9 Å². The Kier molecular flexibility index (Phi) is 7.09. The summed E-state index contributed by atoms with van der Waals surface area (Å²) in [5.41, 5.74) is 2.71. The van der Waals surface area contributed by atoms with E-state index in [1.807, 2.05) is 19.9 Å². The smallest absolute Gasteiger partial charge is 0.255 e. The van der Waals surface area contributed by atoms with Gasteiger partial charge in [0.2, 0.25) is 5.91 Å². The summed E-state index contributed by atoms with van der Waals surface area (Å²) in [5.74, 6) is 0.466. The molecule has 2 N–H and O–H groups in total. The summed E-state index contributed by atoms with van der Waals surface area (Å²) in [7, 11) is -0.954. The van der Waals surface area contributed by atoms with Gasteiger partial charge in [-0.2, -0.15) is 0 Å². The molecule has 0 aliphatic rings. The molecular weight excluding hydrogens is 348 g/mol. The first-order valence-electron chi connectivity index (χ1n) is 8.43. The van der Waals surface area contributed by atoms with Gasteiger partial charge in [-0.25, -0.2) is 0 Å². The van der Waals surface area contributed by atoms with E-state index in [0.717, 1.165) is 5.56 Å². The van der Waals surface area contributed by atoms with Gasteiger partial charge in [-0.15, -0.1) is 0 Å². The van der Waals surface area contributed by atoms with E-state index in [9.17, 15) is 13.8 Å². The lowest BCUT2D eigenvalue weighted by molar-refractivity contribution is -0.116. The van der Waals surface area contributed by atoms with Crippen LogP contribution in [0.5, 0.6) is 0 Å². The molecule has 0 aliphatic heterocycles. The van der Waals surface area contributed by atoms with Gasteiger partial charge >= 0.3 is 0 Å². The van der Waals surface area contributed by atoms with Gasteiger partial charge in [0.05, 0.1) is 0 Å². The molecule has 0 bridgehead atoms. The third-order valence-electron chi connectivity index (χ3n) is 3.58. The van der Waals surface area contributed by atoms with Crippen molar-refractivity contribution in [2.75, 3.05) is 16.9 Å². The molecule has 26 heavy (non-hydrogen) atoms. The number of hydrogen-bond donors (Lipinski definition) is 2. The van der Waals surface area contributed by atoms with E-state index in [2.05, 4.69) is 10.6 Å². The van der Waals surface area contributed by atoms with Crippen molar-refractivity contribution in [2.45, 2.75) is 26.0 Å². The number of carbonyl (C=O) groups is 2. The van der Waals surface area contributed by atoms with E-state index in [0.29, 0.717) is 35.0 Å². The topological polar surface area (TPSA) is 75.3 Å². The standard InChI is InChI=1S/C20H24N2O3S/c1-14(2)11-19(23)21-17-7-9-18(10-8-17)22-20(24)16-6-4-5-15(12-16)13-26(3)25/h4-10,12,14H,11,13H2,1-3H3,(H,21,23)(H,22,24). The fourth-order valence-corrected chi connectivity index (χ4v) is 3.11. The van der Waals surface area contributed by atoms with E-state index in [-0.39, 0.29) is 11.8 Å². The van der Waals surface area contributed by atoms with Crippen LogP contribution in [0.2, 0.25) is 0 Å². The van der Waals surface area contributed by atoms with Crippen LogP contribution in [0.25, 0.3) is 0 Å². The number of hydrogen-bond acceptors (Lipinski definition) is 3. The van der Waals surface area contributed by atoms with Crippen LogP contribution in [-0.2, 0) is 21.3 Å². The molecule has 0 aromatic heterocycles. The largest absolute Gasteiger partial charge is 0.326 e. The zero-order chi connectivity index (χ0) is 19.1. The molecule has 0 heterocycles. The Morgan fingerprint density at radius 3 is 2.19 bits per heavy atom. The van der Waals surface area contributed by atoms with E-state index in [1.54, 1.807) is 48.7 Å². The van der Waals surface area contributed by atoms with E-state index in [1.165, 1.54) is 0 Å². The zero-order valence-electron chi connectivity index (χ0n) is 15.2. The number of nitrogens with one attached hydrogen (secondary N) is 2. The Balaban J connectivity index is 1.99. The minimum absolute atomic E-state index is 0.0260. The fourth-order valence-electron chi connectivity index (χ4n) is 2.46. The van der Waals surface area contributed by atoms with Crippen LogP contribution in [-0.4, -0.2) is 22.3 Å². The Bertz CT molecular complexity index is 801. The predicted molar refractivity (Wildman–Crippen MR) is 107 cm³/mol. The third kappa shape index (κ3) is 6.44. The maximum atomic E-state index is 12.4. The monoisotopic (exact) mass is 372 g/mol. The Hall–Kier alpha value is -2.47. The lowest BCUT2D eigenvalue weighted by atomic mass is 10.1. The van der Waals surface area contributed by atoms with Crippen molar-refractivity contribution in [2.24, 2.45) is 5.92 Å². The Morgan fingerprint density at radius 1 is 1.00 bits per heavy atom. The molecule has 0 radical (unpaired) electrons. The van der Waals surface area contributed by atoms with Gasteiger partial charge in [0.1, 0.15) is 0 Å². The summed E-state index contributed by atoms with van der Waals surface area (Å²) in [6.45, 7) is 3.98. The summed E-state index contributed by atoms with van der Waals surface area (Å²) >= 11 is 0. The van der Waals surface area contributed by atoms with Crippen molar-refractivity contribution in [1.82, 2.24) is 0 Å². The molecule has 2 rings (SSSR count). The SMILES string of the molecule is CC(C)CC(=O)Nc1ccc(NC(=O)c2cccc(CS(C)=O)c2)cc1. The Morgan fingerprint density at radius 2 is 1.62 bits per heavy atom. The second kappa shape index (κ2) is 9.29. The summed E-state index contributed by atoms with van der Waals surface area (Å²) in [6, 6.07) is 14.1. The molecule has 2 amide bonds. The van der Waals surface area contributed by atoms with Crippen LogP contribution in [0.4, 0.5) is 11.4 Å². The molecule has 5 nitrogen and oxygen atoms in total.